The van der Waals surface area contributed by atoms with Crippen molar-refractivity contribution in [2.75, 3.05) is 6.61 Å². The number of nitrogens with one attached hydrogen (secondary N) is 1. The molecule has 1 amide bonds. The maximum atomic E-state index is 12.7. The molecule has 5 heteroatoms. The van der Waals surface area contributed by atoms with Gasteiger partial charge in [-0.25, -0.2) is 5.48 Å². The monoisotopic (exact) mass is 404 g/mol. The molecule has 2 aromatic carbocycles. The number of aromatic nitrogens is 1. The second-order valence-corrected chi connectivity index (χ2v) is 7.99. The van der Waals surface area contributed by atoms with Crippen molar-refractivity contribution in [3.8, 4) is 0 Å². The smallest absolute Gasteiger partial charge is 0.253 e. The van der Waals surface area contributed by atoms with E-state index in [0.717, 1.165) is 17.0 Å². The Morgan fingerprint density at radius 3 is 2.20 bits per heavy atom. The van der Waals surface area contributed by atoms with Gasteiger partial charge in [0.15, 0.2) is 5.78 Å². The molecular weight excluding hydrogens is 376 g/mol. The summed E-state index contributed by atoms with van der Waals surface area (Å²) in [4.78, 5) is 30.5. The van der Waals surface area contributed by atoms with E-state index in [9.17, 15) is 9.59 Å². The number of benzene rings is 2. The molecule has 30 heavy (non-hydrogen) atoms. The third kappa shape index (κ3) is 4.69. The van der Waals surface area contributed by atoms with Gasteiger partial charge in [0.05, 0.1) is 5.41 Å². The second kappa shape index (κ2) is 9.09. The molecule has 0 aliphatic heterocycles. The van der Waals surface area contributed by atoms with Gasteiger partial charge in [-0.15, -0.1) is 0 Å². The lowest BCUT2D eigenvalue weighted by atomic mass is 9.84. The van der Waals surface area contributed by atoms with Crippen LogP contribution >= 0.6 is 0 Å². The van der Waals surface area contributed by atoms with Crippen molar-refractivity contribution in [2.45, 2.75) is 39.7 Å². The minimum absolute atomic E-state index is 0.166. The fourth-order valence-electron chi connectivity index (χ4n) is 3.45. The Morgan fingerprint density at radius 1 is 0.967 bits per heavy atom. The number of hydroxylamine groups is 1. The first-order valence-corrected chi connectivity index (χ1v) is 10.0. The Bertz CT molecular complexity index is 1020. The average molecular weight is 405 g/mol. The van der Waals surface area contributed by atoms with Crippen LogP contribution in [-0.4, -0.2) is 22.9 Å². The molecule has 1 aromatic heterocycles. The maximum absolute atomic E-state index is 12.7. The van der Waals surface area contributed by atoms with Crippen LogP contribution in [0.2, 0.25) is 0 Å². The van der Waals surface area contributed by atoms with Crippen molar-refractivity contribution in [1.29, 1.82) is 0 Å². The molecule has 3 aromatic rings. The molecule has 3 rings (SSSR count). The van der Waals surface area contributed by atoms with Crippen LogP contribution in [0.1, 0.15) is 46.7 Å². The number of carbonyl (C=O) groups excluding carboxylic acids is 2. The van der Waals surface area contributed by atoms with Gasteiger partial charge in [0.25, 0.3) is 5.91 Å². The van der Waals surface area contributed by atoms with E-state index in [1.165, 1.54) is 5.56 Å². The fraction of sp³-hybridized carbons (Fsp3) is 0.280. The number of nitrogens with zero attached hydrogens (tertiary/aromatic N) is 1. The third-order valence-electron chi connectivity index (χ3n) is 5.49. The van der Waals surface area contributed by atoms with Crippen LogP contribution in [0.15, 0.2) is 66.7 Å². The van der Waals surface area contributed by atoms with Gasteiger partial charge in [-0.2, -0.15) is 0 Å². The molecule has 1 heterocycles. The van der Waals surface area contributed by atoms with Crippen LogP contribution in [0, 0.1) is 13.8 Å². The topological polar surface area (TPSA) is 60.3 Å². The molecular formula is C25H28N2O3. The summed E-state index contributed by atoms with van der Waals surface area (Å²) in [5.41, 5.74) is 6.23. The number of ketones is 1. The number of hydrogen-bond donors (Lipinski definition) is 1. The zero-order valence-electron chi connectivity index (χ0n) is 17.9. The Balaban J connectivity index is 1.61. The van der Waals surface area contributed by atoms with Crippen LogP contribution < -0.4 is 5.48 Å². The largest absolute Gasteiger partial charge is 0.344 e. The first-order chi connectivity index (χ1) is 14.3. The van der Waals surface area contributed by atoms with Crippen molar-refractivity contribution in [1.82, 2.24) is 10.0 Å². The zero-order chi connectivity index (χ0) is 21.7. The van der Waals surface area contributed by atoms with Crippen molar-refractivity contribution in [3.63, 3.8) is 0 Å². The summed E-state index contributed by atoms with van der Waals surface area (Å²) in [6, 6.07) is 21.5. The predicted molar refractivity (Wildman–Crippen MR) is 117 cm³/mol. The highest BCUT2D eigenvalue weighted by atomic mass is 16.7. The average Bonchev–Trinajstić information content (AvgIpc) is 3.03. The lowest BCUT2D eigenvalue weighted by Crippen LogP contribution is -2.40. The van der Waals surface area contributed by atoms with Crippen LogP contribution in [0.3, 0.4) is 0 Å². The molecule has 0 aliphatic carbocycles. The molecule has 0 fully saturated rings. The summed E-state index contributed by atoms with van der Waals surface area (Å²) >= 11 is 0. The summed E-state index contributed by atoms with van der Waals surface area (Å²) in [6.07, 6.45) is 0. The van der Waals surface area contributed by atoms with Gasteiger partial charge in [-0.05, 0) is 44.9 Å². The standard InChI is InChI=1S/C25H28N2O3/c1-18-15-22(19(2)27(18)16-20-11-7-5-8-12-20)23(28)17-30-26-24(29)25(3,4)21-13-9-6-10-14-21/h5-15H,16-17H2,1-4H3,(H,26,29). The fourth-order valence-corrected chi connectivity index (χ4v) is 3.45. The highest BCUT2D eigenvalue weighted by molar-refractivity contribution is 5.98. The summed E-state index contributed by atoms with van der Waals surface area (Å²) in [6.45, 7) is 8.04. The third-order valence-corrected chi connectivity index (χ3v) is 5.49. The molecule has 0 radical (unpaired) electrons. The number of rotatable bonds is 8. The SMILES string of the molecule is Cc1cc(C(=O)CONC(=O)C(C)(C)c2ccccc2)c(C)n1Cc1ccccc1. The Labute approximate surface area is 177 Å². The summed E-state index contributed by atoms with van der Waals surface area (Å²) in [7, 11) is 0. The van der Waals surface area contributed by atoms with Crippen LogP contribution in [0.4, 0.5) is 0 Å². The highest BCUT2D eigenvalue weighted by Crippen LogP contribution is 2.23. The molecule has 0 aliphatic rings. The minimum atomic E-state index is -0.768. The highest BCUT2D eigenvalue weighted by Gasteiger charge is 2.30. The molecule has 0 saturated heterocycles. The van der Waals surface area contributed by atoms with Gasteiger partial charge in [-0.3, -0.25) is 14.4 Å². The minimum Gasteiger partial charge on any atom is -0.344 e. The van der Waals surface area contributed by atoms with Crippen molar-refractivity contribution >= 4 is 11.7 Å². The van der Waals surface area contributed by atoms with Crippen LogP contribution in [-0.2, 0) is 21.6 Å². The van der Waals surface area contributed by atoms with Gasteiger partial charge in [0.2, 0.25) is 0 Å². The van der Waals surface area contributed by atoms with E-state index >= 15 is 0 Å². The normalized spacial score (nSPS) is 11.3. The quantitative estimate of drug-likeness (QED) is 0.448. The van der Waals surface area contributed by atoms with Gasteiger partial charge in [0.1, 0.15) is 6.61 Å². The Kier molecular flexibility index (Phi) is 6.53. The van der Waals surface area contributed by atoms with Crippen LogP contribution in [0.5, 0.6) is 0 Å². The van der Waals surface area contributed by atoms with E-state index in [1.54, 1.807) is 0 Å². The number of amides is 1. The number of aryl methyl sites for hydroxylation is 1. The van der Waals surface area contributed by atoms with Gasteiger partial charge in [-0.1, -0.05) is 60.7 Å². The molecule has 5 nitrogen and oxygen atoms in total. The molecule has 0 unspecified atom stereocenters. The summed E-state index contributed by atoms with van der Waals surface area (Å²) < 4.78 is 2.11. The second-order valence-electron chi connectivity index (χ2n) is 7.99. The first kappa shape index (κ1) is 21.5. The van der Waals surface area contributed by atoms with E-state index in [4.69, 9.17) is 4.84 Å². The molecule has 0 spiro atoms. The summed E-state index contributed by atoms with van der Waals surface area (Å²) in [5.74, 6) is -0.462. The van der Waals surface area contributed by atoms with E-state index in [0.29, 0.717) is 12.1 Å². The van der Waals surface area contributed by atoms with Gasteiger partial charge < -0.3 is 4.57 Å². The van der Waals surface area contributed by atoms with Gasteiger partial charge >= 0.3 is 0 Å². The van der Waals surface area contributed by atoms with E-state index < -0.39 is 5.41 Å². The lowest BCUT2D eigenvalue weighted by Gasteiger charge is -2.23. The molecule has 0 atom stereocenters. The van der Waals surface area contributed by atoms with Crippen molar-refractivity contribution < 1.29 is 14.4 Å². The predicted octanol–water partition coefficient (Wildman–Crippen LogP) is 4.36. The first-order valence-electron chi connectivity index (χ1n) is 10.0. The zero-order valence-corrected chi connectivity index (χ0v) is 17.9. The maximum Gasteiger partial charge on any atom is 0.253 e. The number of Topliss-reactive ketones (excluding diaryl/α,β-unsaturated/α-hetero) is 1. The van der Waals surface area contributed by atoms with E-state index in [1.807, 2.05) is 82.3 Å². The van der Waals surface area contributed by atoms with Gasteiger partial charge in [0, 0.05) is 23.5 Å². The molecule has 0 saturated carbocycles. The lowest BCUT2D eigenvalue weighted by molar-refractivity contribution is -0.137. The van der Waals surface area contributed by atoms with Crippen molar-refractivity contribution in [2.24, 2.45) is 0 Å². The molecule has 0 bridgehead atoms. The summed E-state index contributed by atoms with van der Waals surface area (Å²) in [5, 5.41) is 0. The van der Waals surface area contributed by atoms with E-state index in [-0.39, 0.29) is 18.3 Å². The number of hydrogen-bond acceptors (Lipinski definition) is 3. The Morgan fingerprint density at radius 2 is 1.57 bits per heavy atom. The van der Waals surface area contributed by atoms with Crippen LogP contribution in [0.25, 0.3) is 0 Å². The molecule has 1 N–H and O–H groups in total. The molecule has 156 valence electrons. The number of carbonyl (C=O) groups is 2. The van der Waals surface area contributed by atoms with E-state index in [2.05, 4.69) is 22.2 Å². The van der Waals surface area contributed by atoms with Crippen molar-refractivity contribution in [3.05, 3.63) is 94.8 Å². The Hall–Kier alpha value is -3.18.